The maximum Gasteiger partial charge on any atom is 0.352 e. The van der Waals surface area contributed by atoms with Gasteiger partial charge in [-0.15, -0.1) is 0 Å². The largest absolute Gasteiger partial charge is 0.477 e. The minimum Gasteiger partial charge on any atom is -0.477 e. The van der Waals surface area contributed by atoms with Crippen molar-refractivity contribution in [1.82, 2.24) is 4.98 Å². The van der Waals surface area contributed by atoms with Crippen LogP contribution in [0.2, 0.25) is 5.02 Å². The van der Waals surface area contributed by atoms with Crippen LogP contribution in [-0.2, 0) is 0 Å². The van der Waals surface area contributed by atoms with Gasteiger partial charge in [0.15, 0.2) is 0 Å². The zero-order valence-electron chi connectivity index (χ0n) is 10.2. The molecule has 0 aliphatic rings. The maximum atomic E-state index is 14.0. The Morgan fingerprint density at radius 1 is 1.15 bits per heavy atom. The number of benzene rings is 2. The van der Waals surface area contributed by atoms with Gasteiger partial charge in [-0.3, -0.25) is 0 Å². The van der Waals surface area contributed by atoms with E-state index in [0.29, 0.717) is 15.9 Å². The summed E-state index contributed by atoms with van der Waals surface area (Å²) >= 11 is 6.15. The average molecular weight is 290 g/mol. The van der Waals surface area contributed by atoms with E-state index in [-0.39, 0.29) is 16.8 Å². The van der Waals surface area contributed by atoms with E-state index in [4.69, 9.17) is 11.6 Å². The molecule has 5 heteroatoms. The lowest BCUT2D eigenvalue weighted by Crippen LogP contribution is -1.99. The van der Waals surface area contributed by atoms with Gasteiger partial charge in [0.25, 0.3) is 0 Å². The molecule has 100 valence electrons. The first-order valence-corrected chi connectivity index (χ1v) is 6.26. The molecule has 0 atom stereocenters. The Morgan fingerprint density at radius 3 is 2.60 bits per heavy atom. The summed E-state index contributed by atoms with van der Waals surface area (Å²) in [5.74, 6) is -1.65. The van der Waals surface area contributed by atoms with Crippen LogP contribution in [0.4, 0.5) is 4.39 Å². The summed E-state index contributed by atoms with van der Waals surface area (Å²) in [5, 5.41) is 10.2. The van der Waals surface area contributed by atoms with Crippen molar-refractivity contribution < 1.29 is 14.3 Å². The highest BCUT2D eigenvalue weighted by Gasteiger charge is 2.22. The van der Waals surface area contributed by atoms with Crippen molar-refractivity contribution in [2.24, 2.45) is 0 Å². The topological polar surface area (TPSA) is 53.1 Å². The summed E-state index contributed by atoms with van der Waals surface area (Å²) in [7, 11) is 0. The standard InChI is InChI=1S/C15H9ClFNO2/c16-9-5-3-7-11-13(9)12(14(18-11)15(19)20)8-4-1-2-6-10(8)17/h1-7,18H,(H,19,20). The predicted octanol–water partition coefficient (Wildman–Crippen LogP) is 4.33. The first-order valence-electron chi connectivity index (χ1n) is 5.88. The fourth-order valence-corrected chi connectivity index (χ4v) is 2.57. The number of halogens is 2. The lowest BCUT2D eigenvalue weighted by Gasteiger charge is -2.04. The number of carboxylic acids is 1. The van der Waals surface area contributed by atoms with Gasteiger partial charge in [-0.2, -0.15) is 0 Å². The van der Waals surface area contributed by atoms with Gasteiger partial charge in [0.1, 0.15) is 11.5 Å². The van der Waals surface area contributed by atoms with Crippen LogP contribution in [0.15, 0.2) is 42.5 Å². The molecule has 0 radical (unpaired) electrons. The highest BCUT2D eigenvalue weighted by atomic mass is 35.5. The van der Waals surface area contributed by atoms with E-state index in [9.17, 15) is 14.3 Å². The van der Waals surface area contributed by atoms with Gasteiger partial charge < -0.3 is 10.1 Å². The van der Waals surface area contributed by atoms with Crippen molar-refractivity contribution in [2.75, 3.05) is 0 Å². The number of H-pyrrole nitrogens is 1. The number of nitrogens with one attached hydrogen (secondary N) is 1. The molecule has 0 aliphatic carbocycles. The van der Waals surface area contributed by atoms with E-state index in [1.807, 2.05) is 0 Å². The number of hydrogen-bond donors (Lipinski definition) is 2. The van der Waals surface area contributed by atoms with Crippen LogP contribution >= 0.6 is 11.6 Å². The molecule has 0 spiro atoms. The molecule has 3 nitrogen and oxygen atoms in total. The molecule has 0 saturated heterocycles. The van der Waals surface area contributed by atoms with Crippen LogP contribution in [0.1, 0.15) is 10.5 Å². The molecule has 2 N–H and O–H groups in total. The van der Waals surface area contributed by atoms with Crippen molar-refractivity contribution in [3.63, 3.8) is 0 Å². The Hall–Kier alpha value is -2.33. The van der Waals surface area contributed by atoms with E-state index < -0.39 is 11.8 Å². The summed E-state index contributed by atoms with van der Waals surface area (Å²) in [6, 6.07) is 11.1. The smallest absolute Gasteiger partial charge is 0.352 e. The molecular formula is C15H9ClFNO2. The Balaban J connectivity index is 2.47. The van der Waals surface area contributed by atoms with E-state index in [1.165, 1.54) is 12.1 Å². The summed E-state index contributed by atoms with van der Waals surface area (Å²) < 4.78 is 14.0. The van der Waals surface area contributed by atoms with Crippen molar-refractivity contribution >= 4 is 28.5 Å². The molecule has 0 unspecified atom stereocenters. The Bertz CT molecular complexity index is 826. The summed E-state index contributed by atoms with van der Waals surface area (Å²) in [6.45, 7) is 0. The Kier molecular flexibility index (Phi) is 2.95. The molecule has 0 fully saturated rings. The monoisotopic (exact) mass is 289 g/mol. The fourth-order valence-electron chi connectivity index (χ4n) is 2.30. The summed E-state index contributed by atoms with van der Waals surface area (Å²) in [5.41, 5.74) is 0.979. The molecule has 3 rings (SSSR count). The zero-order chi connectivity index (χ0) is 14.3. The number of aromatic amines is 1. The SMILES string of the molecule is O=C(O)c1[nH]c2cccc(Cl)c2c1-c1ccccc1F. The minimum absolute atomic E-state index is 0.0711. The second-order valence-electron chi connectivity index (χ2n) is 4.32. The van der Waals surface area contributed by atoms with Crippen LogP contribution < -0.4 is 0 Å². The van der Waals surface area contributed by atoms with Gasteiger partial charge in [0.05, 0.1) is 5.02 Å². The molecule has 1 heterocycles. The van der Waals surface area contributed by atoms with Gasteiger partial charge in [-0.1, -0.05) is 35.9 Å². The van der Waals surface area contributed by atoms with E-state index in [0.717, 1.165) is 0 Å². The average Bonchev–Trinajstić information content (AvgIpc) is 2.80. The lowest BCUT2D eigenvalue weighted by molar-refractivity contribution is 0.0692. The van der Waals surface area contributed by atoms with Crippen LogP contribution in [0.5, 0.6) is 0 Å². The van der Waals surface area contributed by atoms with Gasteiger partial charge in [-0.25, -0.2) is 9.18 Å². The number of fused-ring (bicyclic) bond motifs is 1. The van der Waals surface area contributed by atoms with Gasteiger partial charge in [0.2, 0.25) is 0 Å². The quantitative estimate of drug-likeness (QED) is 0.738. The van der Waals surface area contributed by atoms with Gasteiger partial charge in [-0.05, 0) is 18.2 Å². The van der Waals surface area contributed by atoms with Gasteiger partial charge >= 0.3 is 5.97 Å². The van der Waals surface area contributed by atoms with Crippen molar-refractivity contribution in [3.05, 3.63) is 59.0 Å². The third-order valence-corrected chi connectivity index (χ3v) is 3.45. The molecule has 0 saturated carbocycles. The number of rotatable bonds is 2. The number of carbonyl (C=O) groups is 1. The minimum atomic E-state index is -1.16. The van der Waals surface area contributed by atoms with Crippen molar-refractivity contribution in [1.29, 1.82) is 0 Å². The lowest BCUT2D eigenvalue weighted by atomic mass is 10.0. The molecule has 0 aliphatic heterocycles. The number of carboxylic acid groups (broad SMARTS) is 1. The predicted molar refractivity (Wildman–Crippen MR) is 75.7 cm³/mol. The number of hydrogen-bond acceptors (Lipinski definition) is 1. The molecule has 1 aromatic heterocycles. The zero-order valence-corrected chi connectivity index (χ0v) is 10.9. The van der Waals surface area contributed by atoms with E-state index >= 15 is 0 Å². The van der Waals surface area contributed by atoms with Crippen LogP contribution in [0, 0.1) is 5.82 Å². The van der Waals surface area contributed by atoms with Crippen LogP contribution in [0.25, 0.3) is 22.0 Å². The number of aromatic carboxylic acids is 1. The highest BCUT2D eigenvalue weighted by Crippen LogP contribution is 2.37. The Labute approximate surface area is 118 Å². The first kappa shape index (κ1) is 12.7. The molecule has 20 heavy (non-hydrogen) atoms. The Morgan fingerprint density at radius 2 is 1.90 bits per heavy atom. The molecule has 0 bridgehead atoms. The van der Waals surface area contributed by atoms with Crippen LogP contribution in [0.3, 0.4) is 0 Å². The second kappa shape index (κ2) is 4.65. The number of aromatic nitrogens is 1. The molecular weight excluding hydrogens is 281 g/mol. The molecule has 2 aromatic carbocycles. The third kappa shape index (κ3) is 1.85. The van der Waals surface area contributed by atoms with Crippen molar-refractivity contribution in [3.8, 4) is 11.1 Å². The first-order chi connectivity index (χ1) is 9.59. The molecule has 3 aromatic rings. The van der Waals surface area contributed by atoms with E-state index in [2.05, 4.69) is 4.98 Å². The second-order valence-corrected chi connectivity index (χ2v) is 4.73. The van der Waals surface area contributed by atoms with Crippen LogP contribution in [-0.4, -0.2) is 16.1 Å². The normalized spacial score (nSPS) is 10.9. The summed E-state index contributed by atoms with van der Waals surface area (Å²) in [6.07, 6.45) is 0. The summed E-state index contributed by atoms with van der Waals surface area (Å²) in [4.78, 5) is 14.2. The van der Waals surface area contributed by atoms with Crippen molar-refractivity contribution in [2.45, 2.75) is 0 Å². The van der Waals surface area contributed by atoms with Gasteiger partial charge in [0, 0.05) is 22.0 Å². The van der Waals surface area contributed by atoms with E-state index in [1.54, 1.807) is 30.3 Å². The fraction of sp³-hybridized carbons (Fsp3) is 0. The third-order valence-electron chi connectivity index (χ3n) is 3.13. The molecule has 0 amide bonds. The maximum absolute atomic E-state index is 14.0. The highest BCUT2D eigenvalue weighted by molar-refractivity contribution is 6.37.